The molecule has 0 bridgehead atoms. The van der Waals surface area contributed by atoms with Crippen molar-refractivity contribution in [1.82, 2.24) is 0 Å². The molecule has 0 rings (SSSR count). The third kappa shape index (κ3) is 13.7. The fraction of sp³-hybridized carbons (Fsp3) is 1.00. The summed E-state index contributed by atoms with van der Waals surface area (Å²) in [5.74, 6) is -0.0985. The van der Waals surface area contributed by atoms with Crippen LogP contribution in [0.2, 0.25) is 5.04 Å². The zero-order valence-electron chi connectivity index (χ0n) is 7.29. The van der Waals surface area contributed by atoms with Crippen LogP contribution in [0.4, 0.5) is 0 Å². The molecule has 0 aliphatic carbocycles. The molecule has 0 amide bonds. The van der Waals surface area contributed by atoms with Gasteiger partial charge in [0.1, 0.15) is 0 Å². The molecule has 0 unspecified atom stereocenters. The maximum atomic E-state index is 10.3. The third-order valence-electron chi connectivity index (χ3n) is 1.33. The van der Waals surface area contributed by atoms with Crippen molar-refractivity contribution < 1.29 is 13.0 Å². The molecule has 1 N–H and O–H groups in total. The quantitative estimate of drug-likeness (QED) is 0.517. The molecule has 0 atom stereocenters. The van der Waals surface area contributed by atoms with Crippen molar-refractivity contribution in [1.29, 1.82) is 0 Å². The van der Waals surface area contributed by atoms with Crippen LogP contribution in [0, 0.1) is 0 Å². The fourth-order valence-corrected chi connectivity index (χ4v) is 1.65. The molecule has 3 nitrogen and oxygen atoms in total. The molecule has 6 heteroatoms. The molecule has 0 saturated carbocycles. The molecule has 0 aromatic heterocycles. The molecule has 0 saturated heterocycles. The molecule has 0 fully saturated rings. The molecule has 0 aliphatic heterocycles. The first-order valence-corrected chi connectivity index (χ1v) is 6.27. The average Bonchev–Trinajstić information content (AvgIpc) is 1.55. The van der Waals surface area contributed by atoms with Crippen LogP contribution >= 0.6 is 0 Å². The van der Waals surface area contributed by atoms with Crippen LogP contribution in [0.25, 0.3) is 0 Å². The third-order valence-corrected chi connectivity index (χ3v) is 2.63. The summed E-state index contributed by atoms with van der Waals surface area (Å²) >= 11 is 0. The Labute approximate surface area is 99.8 Å². The van der Waals surface area contributed by atoms with E-state index in [0.29, 0.717) is 6.42 Å². The summed E-state index contributed by atoms with van der Waals surface area (Å²) in [6.45, 7) is 4.20. The van der Waals surface area contributed by atoms with Gasteiger partial charge >= 0.3 is 29.6 Å². The zero-order valence-corrected chi connectivity index (χ0v) is 10.1. The predicted molar refractivity (Wildman–Crippen MR) is 56.8 cm³/mol. The van der Waals surface area contributed by atoms with Gasteiger partial charge in [0.2, 0.25) is 0 Å². The Morgan fingerprint density at radius 3 is 2.08 bits per heavy atom. The van der Waals surface area contributed by atoms with Gasteiger partial charge in [-0.3, -0.25) is 4.55 Å². The van der Waals surface area contributed by atoms with E-state index in [9.17, 15) is 8.42 Å². The van der Waals surface area contributed by atoms with E-state index in [1.54, 1.807) is 0 Å². The van der Waals surface area contributed by atoms with Crippen molar-refractivity contribution in [2.75, 3.05) is 5.75 Å². The molecule has 0 aromatic rings. The van der Waals surface area contributed by atoms with Gasteiger partial charge in [0.05, 0.1) is 5.75 Å². The van der Waals surface area contributed by atoms with Crippen molar-refractivity contribution in [2.24, 2.45) is 0 Å². The van der Waals surface area contributed by atoms with Crippen molar-refractivity contribution in [3.05, 3.63) is 0 Å². The second-order valence-electron chi connectivity index (χ2n) is 3.95. The van der Waals surface area contributed by atoms with Crippen LogP contribution in [0.3, 0.4) is 0 Å². The molecule has 70 valence electrons. The number of rotatable bonds is 4. The molecule has 12 heavy (non-hydrogen) atoms. The molecule has 0 radical (unpaired) electrons. The van der Waals surface area contributed by atoms with E-state index in [4.69, 9.17) is 4.55 Å². The first kappa shape index (κ1) is 15.6. The molecule has 0 spiro atoms. The fourth-order valence-electron chi connectivity index (χ4n) is 0.785. The van der Waals surface area contributed by atoms with Gasteiger partial charge < -0.3 is 0 Å². The Hall–Kier alpha value is 1.13. The van der Waals surface area contributed by atoms with E-state index in [2.05, 4.69) is 13.8 Å². The van der Waals surface area contributed by atoms with Gasteiger partial charge in [0, 0.05) is 10.2 Å². The van der Waals surface area contributed by atoms with E-state index < -0.39 is 10.1 Å². The minimum atomic E-state index is -3.73. The van der Waals surface area contributed by atoms with Gasteiger partial charge in [-0.05, 0) is 11.5 Å². The number of hydrogen-bond donors (Lipinski definition) is 1. The summed E-state index contributed by atoms with van der Waals surface area (Å²) in [7, 11) is -2.68. The molecule has 0 aromatic carbocycles. The van der Waals surface area contributed by atoms with Gasteiger partial charge in [0.15, 0.2) is 0 Å². The van der Waals surface area contributed by atoms with Crippen LogP contribution in [0.15, 0.2) is 0 Å². The number of hydrogen-bond acceptors (Lipinski definition) is 2. The molecule has 0 aliphatic rings. The minimum absolute atomic E-state index is 0. The molecular weight excluding hydrogens is 203 g/mol. The first-order valence-electron chi connectivity index (χ1n) is 3.66. The van der Waals surface area contributed by atoms with Crippen molar-refractivity contribution in [3.8, 4) is 0 Å². The summed E-state index contributed by atoms with van der Waals surface area (Å²) in [4.78, 5) is 0. The second-order valence-corrected chi connectivity index (χ2v) is 8.23. The Bertz CT molecular complexity index is 207. The van der Waals surface area contributed by atoms with E-state index in [1.165, 1.54) is 0 Å². The van der Waals surface area contributed by atoms with Crippen molar-refractivity contribution >= 4 is 49.9 Å². The van der Waals surface area contributed by atoms with Gasteiger partial charge in [-0.25, -0.2) is 0 Å². The van der Waals surface area contributed by atoms with Gasteiger partial charge in [-0.1, -0.05) is 20.3 Å². The van der Waals surface area contributed by atoms with Crippen LogP contribution in [0.1, 0.15) is 26.7 Å². The van der Waals surface area contributed by atoms with Crippen LogP contribution in [-0.2, 0) is 10.1 Å². The van der Waals surface area contributed by atoms with Crippen LogP contribution in [-0.4, -0.2) is 58.5 Å². The van der Waals surface area contributed by atoms with Gasteiger partial charge in [-0.2, -0.15) is 8.42 Å². The van der Waals surface area contributed by atoms with Gasteiger partial charge in [-0.15, -0.1) is 0 Å². The maximum absolute atomic E-state index is 10.3. The zero-order chi connectivity index (χ0) is 9.12. The summed E-state index contributed by atoms with van der Waals surface area (Å²) in [6.07, 6.45) is 1.44. The topological polar surface area (TPSA) is 54.4 Å². The summed E-state index contributed by atoms with van der Waals surface area (Å²) in [5.41, 5.74) is 0. The van der Waals surface area contributed by atoms with Gasteiger partial charge in [0.25, 0.3) is 10.1 Å². The monoisotopic (exact) mass is 220 g/mol. The average molecular weight is 220 g/mol. The van der Waals surface area contributed by atoms with Crippen molar-refractivity contribution in [2.45, 2.75) is 31.7 Å². The standard InChI is InChI=1S/C6H16O3SSi.Na.H/c1-6(2,11)4-3-5-10(7,8)9;;/h3-5H2,1-2,11H3,(H,7,8,9);;. The Kier molecular flexibility index (Phi) is 7.50. The van der Waals surface area contributed by atoms with Crippen molar-refractivity contribution in [3.63, 3.8) is 0 Å². The first-order chi connectivity index (χ1) is 4.71. The Balaban J connectivity index is 0. The summed E-state index contributed by atoms with van der Waals surface area (Å²) in [5, 5.41) is 0.282. The van der Waals surface area contributed by atoms with E-state index in [-0.39, 0.29) is 40.3 Å². The van der Waals surface area contributed by atoms with E-state index in [0.717, 1.165) is 16.7 Å². The molecule has 0 heterocycles. The van der Waals surface area contributed by atoms with E-state index >= 15 is 0 Å². The van der Waals surface area contributed by atoms with E-state index in [1.807, 2.05) is 0 Å². The summed E-state index contributed by atoms with van der Waals surface area (Å²) in [6, 6.07) is 0. The van der Waals surface area contributed by atoms with Crippen LogP contribution < -0.4 is 0 Å². The molecular formula is C6H17NaO3SSi. The Morgan fingerprint density at radius 1 is 1.42 bits per heavy atom. The predicted octanol–water partition coefficient (Wildman–Crippen LogP) is -0.430. The second kappa shape index (κ2) is 5.77. The Morgan fingerprint density at radius 2 is 1.83 bits per heavy atom. The summed E-state index contributed by atoms with van der Waals surface area (Å²) < 4.78 is 29.0. The SMILES string of the molecule is CC(C)([SiH3])CCCS(=O)(=O)O.[NaH]. The normalized spacial score (nSPS) is 12.6. The van der Waals surface area contributed by atoms with Crippen LogP contribution in [0.5, 0.6) is 0 Å².